The number of hydrogen-bond donors (Lipinski definition) is 3. The lowest BCUT2D eigenvalue weighted by Gasteiger charge is -2.09. The van der Waals surface area contributed by atoms with E-state index in [-0.39, 0.29) is 16.9 Å². The summed E-state index contributed by atoms with van der Waals surface area (Å²) >= 11 is 1.04. The van der Waals surface area contributed by atoms with Crippen molar-refractivity contribution in [1.82, 2.24) is 4.98 Å². The van der Waals surface area contributed by atoms with Gasteiger partial charge in [0, 0.05) is 5.69 Å². The summed E-state index contributed by atoms with van der Waals surface area (Å²) in [4.78, 5) is 29.2. The number of ether oxygens (including phenoxy) is 1. The second-order valence-corrected chi connectivity index (χ2v) is 6.67. The highest BCUT2D eigenvalue weighted by Crippen LogP contribution is 2.26. The molecule has 0 aliphatic rings. The largest absolute Gasteiger partial charge is 0.495 e. The molecule has 3 aromatic rings. The van der Waals surface area contributed by atoms with Gasteiger partial charge in [-0.3, -0.25) is 10.1 Å². The number of rotatable bonds is 5. The molecule has 0 saturated carbocycles. The Kier molecular flexibility index (Phi) is 5.85. The quantitative estimate of drug-likeness (QED) is 0.588. The van der Waals surface area contributed by atoms with E-state index in [9.17, 15) is 14.0 Å². The van der Waals surface area contributed by atoms with E-state index >= 15 is 0 Å². The summed E-state index contributed by atoms with van der Waals surface area (Å²) in [5, 5.41) is 8.21. The lowest BCUT2D eigenvalue weighted by atomic mass is 10.3. The fourth-order valence-corrected chi connectivity index (χ4v) is 3.24. The van der Waals surface area contributed by atoms with Crippen molar-refractivity contribution in [1.29, 1.82) is 0 Å². The van der Waals surface area contributed by atoms with Gasteiger partial charge in [-0.05, 0) is 43.3 Å². The molecule has 3 amide bonds. The maximum Gasteiger partial charge on any atom is 0.325 e. The first-order valence-corrected chi connectivity index (χ1v) is 9.03. The van der Waals surface area contributed by atoms with E-state index in [1.165, 1.54) is 31.4 Å². The predicted octanol–water partition coefficient (Wildman–Crippen LogP) is 4.50. The van der Waals surface area contributed by atoms with Crippen LogP contribution in [0.1, 0.15) is 15.4 Å². The maximum absolute atomic E-state index is 13.0. The number of carbonyl (C=O) groups excluding carboxylic acids is 2. The van der Waals surface area contributed by atoms with E-state index in [1.54, 1.807) is 31.2 Å². The number of methoxy groups -OCH3 is 1. The molecule has 0 atom stereocenters. The molecule has 0 fully saturated rings. The van der Waals surface area contributed by atoms with Crippen LogP contribution in [0.5, 0.6) is 5.75 Å². The molecule has 0 aliphatic carbocycles. The Morgan fingerprint density at radius 1 is 1.04 bits per heavy atom. The number of benzene rings is 2. The molecule has 1 aromatic heterocycles. The van der Waals surface area contributed by atoms with Gasteiger partial charge in [-0.2, -0.15) is 0 Å². The van der Waals surface area contributed by atoms with Gasteiger partial charge >= 0.3 is 6.03 Å². The van der Waals surface area contributed by atoms with Crippen LogP contribution >= 0.6 is 11.3 Å². The molecule has 3 rings (SSSR count). The minimum absolute atomic E-state index is 0.272. The second-order valence-electron chi connectivity index (χ2n) is 5.67. The number of urea groups is 1. The highest BCUT2D eigenvalue weighted by Gasteiger charge is 2.17. The average molecular weight is 400 g/mol. The molecule has 7 nitrogen and oxygen atoms in total. The minimum Gasteiger partial charge on any atom is -0.495 e. The molecule has 0 saturated heterocycles. The van der Waals surface area contributed by atoms with Gasteiger partial charge in [0.05, 0.1) is 18.5 Å². The summed E-state index contributed by atoms with van der Waals surface area (Å²) in [5.41, 5.74) is 1.44. The van der Waals surface area contributed by atoms with Gasteiger partial charge in [-0.15, -0.1) is 0 Å². The van der Waals surface area contributed by atoms with Crippen LogP contribution in [0.3, 0.4) is 0 Å². The summed E-state index contributed by atoms with van der Waals surface area (Å²) in [6.07, 6.45) is 0. The predicted molar refractivity (Wildman–Crippen MR) is 107 cm³/mol. The van der Waals surface area contributed by atoms with Crippen LogP contribution < -0.4 is 20.7 Å². The molecule has 144 valence electrons. The molecule has 0 bridgehead atoms. The summed E-state index contributed by atoms with van der Waals surface area (Å²) in [5.74, 6) is -0.258. The highest BCUT2D eigenvalue weighted by atomic mass is 32.1. The molecule has 0 spiro atoms. The van der Waals surface area contributed by atoms with E-state index in [2.05, 4.69) is 20.9 Å². The van der Waals surface area contributed by atoms with Gasteiger partial charge in [-0.25, -0.2) is 14.2 Å². The Morgan fingerprint density at radius 3 is 2.46 bits per heavy atom. The van der Waals surface area contributed by atoms with Gasteiger partial charge < -0.3 is 15.4 Å². The lowest BCUT2D eigenvalue weighted by Crippen LogP contribution is -2.19. The van der Waals surface area contributed by atoms with Crippen LogP contribution in [0.25, 0.3) is 0 Å². The van der Waals surface area contributed by atoms with Crippen LogP contribution in [0.15, 0.2) is 48.5 Å². The topological polar surface area (TPSA) is 92.3 Å². The van der Waals surface area contributed by atoms with E-state index < -0.39 is 6.03 Å². The third-order valence-corrected chi connectivity index (χ3v) is 4.75. The molecular formula is C19H17FN4O3S. The third-order valence-electron chi connectivity index (χ3n) is 3.68. The minimum atomic E-state index is -0.510. The monoisotopic (exact) mass is 400 g/mol. The molecule has 1 heterocycles. The maximum atomic E-state index is 13.0. The Balaban J connectivity index is 1.67. The van der Waals surface area contributed by atoms with E-state index in [0.717, 1.165) is 11.3 Å². The standard InChI is InChI=1S/C19H17FN4O3S/c1-11-16(17(25)22-13-9-7-12(20)8-10-13)28-19(21-11)24-18(26)23-14-5-3-4-6-15(14)27-2/h3-10H,1-2H3,(H,22,25)(H2,21,23,24,26). The van der Waals surface area contributed by atoms with Gasteiger partial charge in [0.2, 0.25) is 0 Å². The van der Waals surface area contributed by atoms with Crippen molar-refractivity contribution < 1.29 is 18.7 Å². The number of anilines is 3. The third kappa shape index (κ3) is 4.63. The molecule has 3 N–H and O–H groups in total. The first-order valence-electron chi connectivity index (χ1n) is 8.21. The molecular weight excluding hydrogens is 383 g/mol. The van der Waals surface area contributed by atoms with Crippen LogP contribution in [0.4, 0.5) is 25.7 Å². The zero-order chi connectivity index (χ0) is 20.1. The first kappa shape index (κ1) is 19.3. The number of halogens is 1. The van der Waals surface area contributed by atoms with Crippen molar-refractivity contribution in [3.05, 3.63) is 64.9 Å². The van der Waals surface area contributed by atoms with Crippen molar-refractivity contribution in [3.8, 4) is 5.75 Å². The number of thiazole rings is 1. The number of amides is 3. The zero-order valence-corrected chi connectivity index (χ0v) is 15.9. The van der Waals surface area contributed by atoms with Gasteiger partial charge in [0.15, 0.2) is 5.13 Å². The number of hydrogen-bond acceptors (Lipinski definition) is 5. The van der Waals surface area contributed by atoms with Gasteiger partial charge in [-0.1, -0.05) is 23.5 Å². The fraction of sp³-hybridized carbons (Fsp3) is 0.105. The van der Waals surface area contributed by atoms with E-state index in [1.807, 2.05) is 0 Å². The van der Waals surface area contributed by atoms with E-state index in [4.69, 9.17) is 4.74 Å². The number of aryl methyl sites for hydroxylation is 1. The number of para-hydroxylation sites is 2. The number of nitrogens with one attached hydrogen (secondary N) is 3. The Bertz CT molecular complexity index is 1000. The average Bonchev–Trinajstić information content (AvgIpc) is 3.04. The summed E-state index contributed by atoms with van der Waals surface area (Å²) in [7, 11) is 1.51. The summed E-state index contributed by atoms with van der Waals surface area (Å²) in [6.45, 7) is 1.67. The van der Waals surface area contributed by atoms with Crippen molar-refractivity contribution in [2.75, 3.05) is 23.1 Å². The normalized spacial score (nSPS) is 10.2. The van der Waals surface area contributed by atoms with Crippen LogP contribution in [0, 0.1) is 12.7 Å². The SMILES string of the molecule is COc1ccccc1NC(=O)Nc1nc(C)c(C(=O)Nc2ccc(F)cc2)s1. The second kappa shape index (κ2) is 8.49. The van der Waals surface area contributed by atoms with Crippen molar-refractivity contribution in [2.45, 2.75) is 6.92 Å². The molecule has 9 heteroatoms. The Labute approximate surface area is 164 Å². The van der Waals surface area contributed by atoms with Crippen molar-refractivity contribution in [3.63, 3.8) is 0 Å². The zero-order valence-electron chi connectivity index (χ0n) is 15.1. The van der Waals surface area contributed by atoms with Crippen LogP contribution in [0.2, 0.25) is 0 Å². The van der Waals surface area contributed by atoms with Crippen LogP contribution in [-0.4, -0.2) is 24.0 Å². The summed E-state index contributed by atoms with van der Waals surface area (Å²) < 4.78 is 18.1. The lowest BCUT2D eigenvalue weighted by molar-refractivity contribution is 0.102. The molecule has 28 heavy (non-hydrogen) atoms. The smallest absolute Gasteiger partial charge is 0.325 e. The van der Waals surface area contributed by atoms with Crippen LogP contribution in [-0.2, 0) is 0 Å². The molecule has 0 radical (unpaired) electrons. The number of aromatic nitrogens is 1. The molecule has 2 aromatic carbocycles. The van der Waals surface area contributed by atoms with Gasteiger partial charge in [0.25, 0.3) is 5.91 Å². The number of nitrogens with zero attached hydrogens (tertiary/aromatic N) is 1. The molecule has 0 unspecified atom stereocenters. The van der Waals surface area contributed by atoms with E-state index in [0.29, 0.717) is 27.7 Å². The Morgan fingerprint density at radius 2 is 1.75 bits per heavy atom. The molecule has 0 aliphatic heterocycles. The van der Waals surface area contributed by atoms with Gasteiger partial charge in [0.1, 0.15) is 16.4 Å². The van der Waals surface area contributed by atoms with Crippen molar-refractivity contribution in [2.24, 2.45) is 0 Å². The summed E-state index contributed by atoms with van der Waals surface area (Å²) in [6, 6.07) is 11.9. The highest BCUT2D eigenvalue weighted by molar-refractivity contribution is 7.17. The number of carbonyl (C=O) groups is 2. The first-order chi connectivity index (χ1) is 13.5. The Hall–Kier alpha value is -3.46. The van der Waals surface area contributed by atoms with Crippen molar-refractivity contribution >= 4 is 39.8 Å². The fourth-order valence-electron chi connectivity index (χ4n) is 2.38.